The summed E-state index contributed by atoms with van der Waals surface area (Å²) in [5.74, 6) is 0. The summed E-state index contributed by atoms with van der Waals surface area (Å²) in [6.07, 6.45) is -1.85. The van der Waals surface area contributed by atoms with Gasteiger partial charge in [-0.05, 0) is 13.8 Å². The van der Waals surface area contributed by atoms with Crippen LogP contribution in [-0.2, 0) is 4.74 Å². The summed E-state index contributed by atoms with van der Waals surface area (Å²) in [4.78, 5) is 0. The zero-order valence-corrected chi connectivity index (χ0v) is 6.11. The van der Waals surface area contributed by atoms with Crippen molar-refractivity contribution in [3.63, 3.8) is 0 Å². The molecule has 0 aromatic carbocycles. The molecule has 1 rings (SSSR count). The molecule has 2 radical (unpaired) electrons. The average Bonchev–Trinajstić information content (AvgIpc) is 1.95. The molecule has 1 aliphatic rings. The molecule has 0 aromatic heterocycles. The predicted octanol–water partition coefficient (Wildman–Crippen LogP) is -0.988. The number of aliphatic hydroxyl groups excluding tert-OH is 2. The van der Waals surface area contributed by atoms with Gasteiger partial charge >= 0.3 is 0 Å². The topological polar surface area (TPSA) is 49.7 Å². The van der Waals surface area contributed by atoms with Gasteiger partial charge in [0.05, 0.1) is 5.60 Å². The summed E-state index contributed by atoms with van der Waals surface area (Å²) < 4.78 is 5.05. The zero-order chi connectivity index (χ0) is 7.94. The molecule has 56 valence electrons. The van der Waals surface area contributed by atoms with E-state index in [9.17, 15) is 5.11 Å². The zero-order valence-electron chi connectivity index (χ0n) is 6.11. The summed E-state index contributed by atoms with van der Waals surface area (Å²) in [6.45, 7) is 3.38. The molecule has 3 atom stereocenters. The second-order valence-corrected chi connectivity index (χ2v) is 3.12. The van der Waals surface area contributed by atoms with Gasteiger partial charge < -0.3 is 14.9 Å². The van der Waals surface area contributed by atoms with Gasteiger partial charge in [-0.2, -0.15) is 0 Å². The smallest absolute Gasteiger partial charge is 0.112 e. The lowest BCUT2D eigenvalue weighted by atomic mass is 9.91. The first-order valence-corrected chi connectivity index (χ1v) is 3.24. The maximum absolute atomic E-state index is 9.24. The minimum Gasteiger partial charge on any atom is -0.388 e. The maximum atomic E-state index is 9.24. The van der Waals surface area contributed by atoms with E-state index in [1.807, 2.05) is 0 Å². The highest BCUT2D eigenvalue weighted by Crippen LogP contribution is 2.28. The summed E-state index contributed by atoms with van der Waals surface area (Å²) in [5.41, 5.74) is -0.723. The van der Waals surface area contributed by atoms with Crippen LogP contribution in [0.15, 0.2) is 0 Å². The Hall–Kier alpha value is -0.0551. The molecule has 0 aliphatic carbocycles. The van der Waals surface area contributed by atoms with Crippen molar-refractivity contribution in [2.24, 2.45) is 0 Å². The van der Waals surface area contributed by atoms with Crippen LogP contribution < -0.4 is 0 Å². The van der Waals surface area contributed by atoms with Gasteiger partial charge in [0.2, 0.25) is 0 Å². The van der Waals surface area contributed by atoms with Crippen LogP contribution in [0.1, 0.15) is 13.8 Å². The van der Waals surface area contributed by atoms with E-state index in [1.165, 1.54) is 0 Å². The third-order valence-corrected chi connectivity index (χ3v) is 1.81. The van der Waals surface area contributed by atoms with Crippen molar-refractivity contribution in [3.05, 3.63) is 0 Å². The Labute approximate surface area is 61.4 Å². The molecule has 0 aromatic rings. The molecule has 1 heterocycles. The summed E-state index contributed by atoms with van der Waals surface area (Å²) >= 11 is 0. The second kappa shape index (κ2) is 2.22. The van der Waals surface area contributed by atoms with Crippen molar-refractivity contribution in [2.75, 3.05) is 0 Å². The Bertz CT molecular complexity index is 137. The molecule has 0 spiro atoms. The number of aliphatic hydroxyl groups is 2. The highest BCUT2D eigenvalue weighted by atomic mass is 16.6. The van der Waals surface area contributed by atoms with Gasteiger partial charge in [0.1, 0.15) is 20.1 Å². The summed E-state index contributed by atoms with van der Waals surface area (Å²) in [5, 5.41) is 18.3. The first kappa shape index (κ1) is 8.05. The van der Waals surface area contributed by atoms with Crippen LogP contribution in [0.3, 0.4) is 0 Å². The summed E-state index contributed by atoms with van der Waals surface area (Å²) in [7, 11) is 5.31. The molecule has 2 unspecified atom stereocenters. The number of hydrogen-bond donors (Lipinski definition) is 2. The van der Waals surface area contributed by atoms with Crippen molar-refractivity contribution in [2.45, 2.75) is 37.7 Å². The van der Waals surface area contributed by atoms with Crippen molar-refractivity contribution < 1.29 is 14.9 Å². The van der Waals surface area contributed by atoms with E-state index in [-0.39, 0.29) is 0 Å². The van der Waals surface area contributed by atoms with E-state index in [0.29, 0.717) is 0 Å². The molecule has 1 aliphatic heterocycles. The SMILES string of the molecule is [B][C@@H]1OC(C)(C)C(O)C1O. The average molecular weight is 142 g/mol. The van der Waals surface area contributed by atoms with Crippen LogP contribution >= 0.6 is 0 Å². The van der Waals surface area contributed by atoms with Crippen LogP contribution in [0.5, 0.6) is 0 Å². The van der Waals surface area contributed by atoms with Crippen LogP contribution in [0.25, 0.3) is 0 Å². The molecule has 1 fully saturated rings. The Balaban J connectivity index is 2.71. The number of hydrogen-bond acceptors (Lipinski definition) is 3. The molecule has 3 nitrogen and oxygen atoms in total. The fraction of sp³-hybridized carbons (Fsp3) is 1.00. The van der Waals surface area contributed by atoms with Crippen molar-refractivity contribution >= 4 is 7.85 Å². The van der Waals surface area contributed by atoms with Gasteiger partial charge in [-0.3, -0.25) is 0 Å². The molecule has 0 bridgehead atoms. The largest absolute Gasteiger partial charge is 0.388 e. The lowest BCUT2D eigenvalue weighted by molar-refractivity contribution is -0.0415. The lowest BCUT2D eigenvalue weighted by Crippen LogP contribution is -2.37. The van der Waals surface area contributed by atoms with Gasteiger partial charge in [0.15, 0.2) is 0 Å². The Morgan fingerprint density at radius 1 is 1.40 bits per heavy atom. The van der Waals surface area contributed by atoms with Crippen molar-refractivity contribution in [3.8, 4) is 0 Å². The van der Waals surface area contributed by atoms with Gasteiger partial charge in [0, 0.05) is 6.00 Å². The van der Waals surface area contributed by atoms with Crippen LogP contribution in [-0.4, -0.2) is 41.9 Å². The Morgan fingerprint density at radius 3 is 2.00 bits per heavy atom. The van der Waals surface area contributed by atoms with Crippen LogP contribution in [0.4, 0.5) is 0 Å². The highest BCUT2D eigenvalue weighted by Gasteiger charge is 2.45. The second-order valence-electron chi connectivity index (χ2n) is 3.12. The maximum Gasteiger partial charge on any atom is 0.112 e. The number of rotatable bonds is 0. The number of ether oxygens (including phenoxy) is 1. The van der Waals surface area contributed by atoms with Gasteiger partial charge in [-0.1, -0.05) is 0 Å². The Morgan fingerprint density at radius 2 is 1.90 bits per heavy atom. The summed E-state index contributed by atoms with van der Waals surface area (Å²) in [6, 6.07) is -0.759. The molecule has 2 N–H and O–H groups in total. The van der Waals surface area contributed by atoms with Gasteiger partial charge in [-0.25, -0.2) is 0 Å². The fourth-order valence-electron chi connectivity index (χ4n) is 1.08. The van der Waals surface area contributed by atoms with Crippen LogP contribution in [0, 0.1) is 0 Å². The first-order valence-electron chi connectivity index (χ1n) is 3.24. The first-order chi connectivity index (χ1) is 4.45. The van der Waals surface area contributed by atoms with Gasteiger partial charge in [0.25, 0.3) is 0 Å². The molecule has 0 amide bonds. The van der Waals surface area contributed by atoms with Crippen molar-refractivity contribution in [1.82, 2.24) is 0 Å². The molecular weight excluding hydrogens is 131 g/mol. The molecule has 0 saturated carbocycles. The highest BCUT2D eigenvalue weighted by molar-refractivity contribution is 6.11. The Kier molecular flexibility index (Phi) is 1.79. The standard InChI is InChI=1S/C6H11BO3/c1-6(2)4(9)3(8)5(7)10-6/h3-5,8-9H,1-2H3/t3?,4?,5-/m1/s1. The van der Waals surface area contributed by atoms with E-state index in [0.717, 1.165) is 0 Å². The molecular formula is C6H11BO3. The lowest BCUT2D eigenvalue weighted by Gasteiger charge is -2.21. The third-order valence-electron chi connectivity index (χ3n) is 1.81. The molecule has 1 saturated heterocycles. The van der Waals surface area contributed by atoms with E-state index < -0.39 is 23.8 Å². The molecule has 4 heteroatoms. The quantitative estimate of drug-likeness (QED) is 0.427. The van der Waals surface area contributed by atoms with E-state index in [2.05, 4.69) is 0 Å². The van der Waals surface area contributed by atoms with E-state index in [1.54, 1.807) is 13.8 Å². The van der Waals surface area contributed by atoms with Crippen molar-refractivity contribution in [1.29, 1.82) is 0 Å². The minimum atomic E-state index is -0.963. The monoisotopic (exact) mass is 142 g/mol. The fourth-order valence-corrected chi connectivity index (χ4v) is 1.08. The molecule has 10 heavy (non-hydrogen) atoms. The normalized spacial score (nSPS) is 45.8. The van der Waals surface area contributed by atoms with Gasteiger partial charge in [-0.15, -0.1) is 0 Å². The van der Waals surface area contributed by atoms with E-state index >= 15 is 0 Å². The van der Waals surface area contributed by atoms with E-state index in [4.69, 9.17) is 17.7 Å². The predicted molar refractivity (Wildman–Crippen MR) is 36.7 cm³/mol. The minimum absolute atomic E-state index is 0.723. The van der Waals surface area contributed by atoms with Crippen LogP contribution in [0.2, 0.25) is 0 Å². The third kappa shape index (κ3) is 1.07.